The number of nitrogens with zero attached hydrogens (tertiary/aromatic N) is 2. The van der Waals surface area contributed by atoms with Gasteiger partial charge in [0.25, 0.3) is 0 Å². The highest BCUT2D eigenvalue weighted by atomic mass is 19.4. The van der Waals surface area contributed by atoms with Gasteiger partial charge in [0.05, 0.1) is 18.3 Å². The number of amides is 3. The van der Waals surface area contributed by atoms with Crippen LogP contribution in [0.15, 0.2) is 30.5 Å². The summed E-state index contributed by atoms with van der Waals surface area (Å²) >= 11 is 0. The standard InChI is InChI=1S/C21H20F4N4O4/c1-32-10-16(12-4-5-17(14(22)6-12)33-21(23,24)25)28-20(31)29-9-18(30)27-15-7-13(11-2-3-11)8-26-19(15)29/h4-8,11,16H,2-3,9-10H2,1H3,(H,27,30)(H,28,31)/t16-/m1/s1. The largest absolute Gasteiger partial charge is 0.573 e. The maximum absolute atomic E-state index is 14.2. The van der Waals surface area contributed by atoms with E-state index in [0.29, 0.717) is 11.6 Å². The van der Waals surface area contributed by atoms with E-state index in [-0.39, 0.29) is 24.5 Å². The van der Waals surface area contributed by atoms with Crippen molar-refractivity contribution in [2.24, 2.45) is 0 Å². The Kier molecular flexibility index (Phi) is 6.11. The zero-order valence-electron chi connectivity index (χ0n) is 17.4. The van der Waals surface area contributed by atoms with Crippen LogP contribution in [0.5, 0.6) is 5.75 Å². The number of nitrogens with one attached hydrogen (secondary N) is 2. The highest BCUT2D eigenvalue weighted by molar-refractivity contribution is 6.08. The molecule has 176 valence electrons. The van der Waals surface area contributed by atoms with Crippen LogP contribution in [0.2, 0.25) is 0 Å². The van der Waals surface area contributed by atoms with Crippen LogP contribution in [-0.2, 0) is 9.53 Å². The van der Waals surface area contributed by atoms with Crippen molar-refractivity contribution in [3.63, 3.8) is 0 Å². The first-order valence-electron chi connectivity index (χ1n) is 10.1. The van der Waals surface area contributed by atoms with Crippen LogP contribution in [0.25, 0.3) is 0 Å². The lowest BCUT2D eigenvalue weighted by Crippen LogP contribution is -2.49. The summed E-state index contributed by atoms with van der Waals surface area (Å²) in [6.45, 7) is -0.396. The SMILES string of the molecule is COC[C@@H](NC(=O)N1CC(=O)Nc2cc(C3CC3)cnc21)c1ccc(OC(F)(F)F)c(F)c1. The number of pyridine rings is 1. The van der Waals surface area contributed by atoms with Crippen molar-refractivity contribution in [2.75, 3.05) is 30.5 Å². The first kappa shape index (κ1) is 22.8. The number of hydrogen-bond donors (Lipinski definition) is 2. The van der Waals surface area contributed by atoms with Crippen LogP contribution in [0.1, 0.15) is 35.9 Å². The summed E-state index contributed by atoms with van der Waals surface area (Å²) in [4.78, 5) is 30.7. The molecule has 0 saturated heterocycles. The van der Waals surface area contributed by atoms with Crippen molar-refractivity contribution >= 4 is 23.4 Å². The molecule has 3 amide bonds. The molecule has 8 nitrogen and oxygen atoms in total. The number of urea groups is 1. The fourth-order valence-electron chi connectivity index (χ4n) is 3.55. The molecule has 0 bridgehead atoms. The molecule has 33 heavy (non-hydrogen) atoms. The maximum Gasteiger partial charge on any atom is 0.573 e. The first-order valence-corrected chi connectivity index (χ1v) is 10.1. The maximum atomic E-state index is 14.2. The number of carbonyl (C=O) groups is 2. The number of fused-ring (bicyclic) bond motifs is 1. The Labute approximate surface area is 185 Å². The monoisotopic (exact) mass is 468 g/mol. The fraction of sp³-hybridized carbons (Fsp3) is 0.381. The summed E-state index contributed by atoms with van der Waals surface area (Å²) < 4.78 is 60.1. The van der Waals surface area contributed by atoms with E-state index in [0.717, 1.165) is 35.4 Å². The molecule has 0 spiro atoms. The van der Waals surface area contributed by atoms with Crippen molar-refractivity contribution < 1.29 is 36.6 Å². The molecule has 12 heteroatoms. The smallest absolute Gasteiger partial charge is 0.403 e. The van der Waals surface area contributed by atoms with Crippen LogP contribution in [0.3, 0.4) is 0 Å². The highest BCUT2D eigenvalue weighted by Gasteiger charge is 2.34. The zero-order valence-corrected chi connectivity index (χ0v) is 17.4. The topological polar surface area (TPSA) is 92.8 Å². The minimum atomic E-state index is -5.04. The molecule has 2 aromatic rings. The van der Waals surface area contributed by atoms with E-state index >= 15 is 0 Å². The second-order valence-corrected chi connectivity index (χ2v) is 7.74. The molecule has 1 atom stereocenters. The molecule has 1 aliphatic heterocycles. The number of aromatic nitrogens is 1. The Morgan fingerprint density at radius 1 is 1.33 bits per heavy atom. The van der Waals surface area contributed by atoms with E-state index in [4.69, 9.17) is 4.74 Å². The highest BCUT2D eigenvalue weighted by Crippen LogP contribution is 2.42. The lowest BCUT2D eigenvalue weighted by Gasteiger charge is -2.30. The van der Waals surface area contributed by atoms with E-state index in [1.54, 1.807) is 12.3 Å². The number of rotatable bonds is 6. The van der Waals surface area contributed by atoms with Gasteiger partial charge in [-0.15, -0.1) is 13.2 Å². The molecule has 2 aliphatic rings. The van der Waals surface area contributed by atoms with Crippen LogP contribution in [-0.4, -0.2) is 43.5 Å². The van der Waals surface area contributed by atoms with Gasteiger partial charge in [0, 0.05) is 13.3 Å². The third-order valence-electron chi connectivity index (χ3n) is 5.23. The second-order valence-electron chi connectivity index (χ2n) is 7.74. The lowest BCUT2D eigenvalue weighted by atomic mass is 10.1. The lowest BCUT2D eigenvalue weighted by molar-refractivity contribution is -0.275. The Bertz CT molecular complexity index is 1070. The van der Waals surface area contributed by atoms with E-state index in [1.807, 2.05) is 0 Å². The van der Waals surface area contributed by atoms with Crippen molar-refractivity contribution in [3.8, 4) is 5.75 Å². The molecule has 1 saturated carbocycles. The van der Waals surface area contributed by atoms with Gasteiger partial charge in [-0.3, -0.25) is 9.69 Å². The van der Waals surface area contributed by atoms with Crippen LogP contribution in [0, 0.1) is 5.82 Å². The summed E-state index contributed by atoms with van der Waals surface area (Å²) in [5.74, 6) is -2.00. The van der Waals surface area contributed by atoms with E-state index in [9.17, 15) is 27.2 Å². The average molecular weight is 468 g/mol. The molecular weight excluding hydrogens is 448 g/mol. The third kappa shape index (κ3) is 5.33. The van der Waals surface area contributed by atoms with Gasteiger partial charge in [0.2, 0.25) is 5.91 Å². The molecule has 4 rings (SSSR count). The zero-order chi connectivity index (χ0) is 23.8. The van der Waals surface area contributed by atoms with Gasteiger partial charge in [-0.2, -0.15) is 0 Å². The number of anilines is 2. The summed E-state index contributed by atoms with van der Waals surface area (Å²) in [5.41, 5.74) is 1.54. The van der Waals surface area contributed by atoms with Gasteiger partial charge < -0.3 is 20.1 Å². The molecule has 2 heterocycles. The Morgan fingerprint density at radius 3 is 2.73 bits per heavy atom. The molecule has 0 radical (unpaired) electrons. The number of benzene rings is 1. The quantitative estimate of drug-likeness (QED) is 0.629. The average Bonchev–Trinajstić information content (AvgIpc) is 3.58. The van der Waals surface area contributed by atoms with Gasteiger partial charge in [0.15, 0.2) is 17.4 Å². The van der Waals surface area contributed by atoms with Gasteiger partial charge in [-0.25, -0.2) is 14.2 Å². The number of ether oxygens (including phenoxy) is 2. The Morgan fingerprint density at radius 2 is 2.09 bits per heavy atom. The van der Waals surface area contributed by atoms with Crippen LogP contribution in [0.4, 0.5) is 33.9 Å². The predicted octanol–water partition coefficient (Wildman–Crippen LogP) is 3.85. The number of alkyl halides is 3. The Hall–Kier alpha value is -3.41. The number of carbonyl (C=O) groups excluding carboxylic acids is 2. The molecular formula is C21H20F4N4O4. The van der Waals surface area contributed by atoms with Gasteiger partial charge in [-0.1, -0.05) is 6.07 Å². The molecule has 1 aliphatic carbocycles. The molecule has 1 aromatic heterocycles. The molecule has 1 aromatic carbocycles. The van der Waals surface area contributed by atoms with Gasteiger partial charge in [0.1, 0.15) is 6.54 Å². The van der Waals surface area contributed by atoms with Crippen molar-refractivity contribution in [2.45, 2.75) is 31.2 Å². The van der Waals surface area contributed by atoms with Crippen LogP contribution >= 0.6 is 0 Å². The van der Waals surface area contributed by atoms with Crippen molar-refractivity contribution in [1.29, 1.82) is 0 Å². The molecule has 1 fully saturated rings. The van der Waals surface area contributed by atoms with E-state index in [1.165, 1.54) is 13.2 Å². The first-order chi connectivity index (χ1) is 15.6. The number of hydrogen-bond acceptors (Lipinski definition) is 5. The number of halogens is 4. The molecule has 2 N–H and O–H groups in total. The normalized spacial score (nSPS) is 16.6. The predicted molar refractivity (Wildman–Crippen MR) is 108 cm³/mol. The third-order valence-corrected chi connectivity index (χ3v) is 5.23. The second kappa shape index (κ2) is 8.85. The van der Waals surface area contributed by atoms with Gasteiger partial charge in [-0.05, 0) is 48.1 Å². The Balaban J connectivity index is 1.54. The summed E-state index contributed by atoms with van der Waals surface area (Å²) in [7, 11) is 1.35. The summed E-state index contributed by atoms with van der Waals surface area (Å²) in [5, 5.41) is 5.33. The minimum absolute atomic E-state index is 0.106. The van der Waals surface area contributed by atoms with Crippen molar-refractivity contribution in [1.82, 2.24) is 10.3 Å². The van der Waals surface area contributed by atoms with Crippen molar-refractivity contribution in [3.05, 3.63) is 47.4 Å². The van der Waals surface area contributed by atoms with Gasteiger partial charge >= 0.3 is 12.4 Å². The number of methoxy groups -OCH3 is 1. The van der Waals surface area contributed by atoms with Crippen LogP contribution < -0.4 is 20.3 Å². The van der Waals surface area contributed by atoms with E-state index in [2.05, 4.69) is 20.4 Å². The summed E-state index contributed by atoms with van der Waals surface area (Å²) in [6.07, 6.45) is -1.30. The summed E-state index contributed by atoms with van der Waals surface area (Å²) in [6, 6.07) is 3.00. The molecule has 0 unspecified atom stereocenters. The minimum Gasteiger partial charge on any atom is -0.403 e. The van der Waals surface area contributed by atoms with E-state index < -0.39 is 35.9 Å². The fourth-order valence-corrected chi connectivity index (χ4v) is 3.55.